The normalized spacial score (nSPS) is 25.0. The fourth-order valence-corrected chi connectivity index (χ4v) is 2.49. The molecule has 120 valence electrons. The van der Waals surface area contributed by atoms with Gasteiger partial charge in [0, 0.05) is 37.1 Å². The van der Waals surface area contributed by atoms with E-state index in [1.165, 1.54) is 0 Å². The first kappa shape index (κ1) is 15.0. The molecule has 2 heterocycles. The fraction of sp³-hybridized carbons (Fsp3) is 0.333. The Bertz CT molecular complexity index is 662. The summed E-state index contributed by atoms with van der Waals surface area (Å²) in [7, 11) is 0. The third-order valence-electron chi connectivity index (χ3n) is 3.43. The van der Waals surface area contributed by atoms with Crippen molar-refractivity contribution in [3.63, 3.8) is 0 Å². The highest BCUT2D eigenvalue weighted by atomic mass is 16.8. The lowest BCUT2D eigenvalue weighted by Gasteiger charge is -2.31. The molecule has 0 N–H and O–H groups in total. The summed E-state index contributed by atoms with van der Waals surface area (Å²) in [4.78, 5) is 46.9. The van der Waals surface area contributed by atoms with Crippen LogP contribution < -0.4 is 0 Å². The van der Waals surface area contributed by atoms with Crippen molar-refractivity contribution in [3.05, 3.63) is 35.8 Å². The number of fused-ring (bicyclic) bond motifs is 1. The van der Waals surface area contributed by atoms with E-state index >= 15 is 0 Å². The van der Waals surface area contributed by atoms with Crippen LogP contribution in [0.1, 0.15) is 25.7 Å². The van der Waals surface area contributed by atoms with Gasteiger partial charge in [-0.1, -0.05) is 0 Å². The second kappa shape index (κ2) is 5.71. The zero-order valence-electron chi connectivity index (χ0n) is 11.9. The number of hydrogen-bond donors (Lipinski definition) is 0. The van der Waals surface area contributed by atoms with E-state index in [4.69, 9.17) is 18.9 Å². The quantitative estimate of drug-likeness (QED) is 0.476. The van der Waals surface area contributed by atoms with Crippen LogP contribution in [-0.4, -0.2) is 29.7 Å². The first-order chi connectivity index (χ1) is 11.0. The monoisotopic (exact) mass is 320 g/mol. The van der Waals surface area contributed by atoms with Crippen LogP contribution in [0.25, 0.3) is 0 Å². The van der Waals surface area contributed by atoms with Crippen LogP contribution in [0.2, 0.25) is 0 Å². The number of esters is 4. The Labute approximate surface area is 130 Å². The molecule has 0 saturated heterocycles. The van der Waals surface area contributed by atoms with E-state index in [2.05, 4.69) is 0 Å². The van der Waals surface area contributed by atoms with E-state index in [9.17, 15) is 19.2 Å². The predicted molar refractivity (Wildman–Crippen MR) is 70.9 cm³/mol. The number of hydrogen-bond acceptors (Lipinski definition) is 8. The zero-order valence-corrected chi connectivity index (χ0v) is 11.9. The molecule has 1 spiro atoms. The average Bonchev–Trinajstić information content (AvgIpc) is 2.72. The van der Waals surface area contributed by atoms with Crippen molar-refractivity contribution in [3.8, 4) is 0 Å². The Morgan fingerprint density at radius 3 is 1.96 bits per heavy atom. The van der Waals surface area contributed by atoms with Crippen molar-refractivity contribution in [1.29, 1.82) is 0 Å². The van der Waals surface area contributed by atoms with Crippen LogP contribution in [-0.2, 0) is 38.1 Å². The average molecular weight is 320 g/mol. The molecule has 0 aromatic carbocycles. The molecule has 23 heavy (non-hydrogen) atoms. The van der Waals surface area contributed by atoms with Gasteiger partial charge in [-0.05, 0) is 12.8 Å². The van der Waals surface area contributed by atoms with Crippen molar-refractivity contribution in [2.45, 2.75) is 31.5 Å². The highest BCUT2D eigenvalue weighted by Crippen LogP contribution is 2.39. The highest BCUT2D eigenvalue weighted by Gasteiger charge is 2.49. The lowest BCUT2D eigenvalue weighted by atomic mass is 10.1. The Kier molecular flexibility index (Phi) is 3.73. The van der Waals surface area contributed by atoms with E-state index in [1.54, 1.807) is 0 Å². The summed E-state index contributed by atoms with van der Waals surface area (Å²) in [5.41, 5.74) is 0. The molecule has 3 aliphatic rings. The second-order valence-corrected chi connectivity index (χ2v) is 5.06. The third kappa shape index (κ3) is 3.01. The van der Waals surface area contributed by atoms with Crippen LogP contribution >= 0.6 is 0 Å². The minimum absolute atomic E-state index is 0.00713. The van der Waals surface area contributed by atoms with E-state index in [0.717, 1.165) is 24.3 Å². The topological polar surface area (TPSA) is 105 Å². The largest absolute Gasteiger partial charge is 0.424 e. The van der Waals surface area contributed by atoms with Gasteiger partial charge in [0.1, 0.15) is 0 Å². The minimum Gasteiger partial charge on any atom is -0.424 e. The lowest BCUT2D eigenvalue weighted by molar-refractivity contribution is -0.221. The lowest BCUT2D eigenvalue weighted by Crippen LogP contribution is -2.42. The van der Waals surface area contributed by atoms with Gasteiger partial charge in [0.2, 0.25) is 5.76 Å². The van der Waals surface area contributed by atoms with Gasteiger partial charge in [0.15, 0.2) is 5.76 Å². The van der Waals surface area contributed by atoms with Gasteiger partial charge in [-0.2, -0.15) is 0 Å². The first-order valence-corrected chi connectivity index (χ1v) is 6.98. The molecule has 0 bridgehead atoms. The van der Waals surface area contributed by atoms with Gasteiger partial charge in [0.05, 0.1) is 0 Å². The molecular weight excluding hydrogens is 308 g/mol. The molecule has 2 aliphatic heterocycles. The summed E-state index contributed by atoms with van der Waals surface area (Å²) in [6, 6.07) is 0. The van der Waals surface area contributed by atoms with Crippen molar-refractivity contribution in [2.24, 2.45) is 0 Å². The summed E-state index contributed by atoms with van der Waals surface area (Å²) >= 11 is 0. The molecule has 3 rings (SSSR count). The number of ether oxygens (including phenoxy) is 4. The molecule has 0 atom stereocenters. The Morgan fingerprint density at radius 2 is 1.30 bits per heavy atom. The second-order valence-electron chi connectivity index (χ2n) is 5.06. The van der Waals surface area contributed by atoms with Crippen LogP contribution in [0.3, 0.4) is 0 Å². The summed E-state index contributed by atoms with van der Waals surface area (Å²) in [5, 5.41) is 0. The Morgan fingerprint density at radius 1 is 0.739 bits per heavy atom. The maximum Gasteiger partial charge on any atom is 0.336 e. The highest BCUT2D eigenvalue weighted by molar-refractivity contribution is 5.95. The Hall–Kier alpha value is -2.90. The molecule has 1 aliphatic carbocycles. The molecule has 0 radical (unpaired) electrons. The summed E-state index contributed by atoms with van der Waals surface area (Å²) in [6.45, 7) is 0. The minimum atomic E-state index is -1.93. The third-order valence-corrected chi connectivity index (χ3v) is 3.43. The van der Waals surface area contributed by atoms with Crippen LogP contribution in [0.15, 0.2) is 35.8 Å². The van der Waals surface area contributed by atoms with Gasteiger partial charge in [-0.3, -0.25) is 0 Å². The van der Waals surface area contributed by atoms with Gasteiger partial charge >= 0.3 is 29.7 Å². The van der Waals surface area contributed by atoms with E-state index in [-0.39, 0.29) is 24.4 Å². The number of allylic oxidation sites excluding steroid dienone is 1. The molecule has 0 amide bonds. The van der Waals surface area contributed by atoms with E-state index in [0.29, 0.717) is 12.8 Å². The summed E-state index contributed by atoms with van der Waals surface area (Å²) in [5.74, 6) is -5.48. The van der Waals surface area contributed by atoms with Gasteiger partial charge < -0.3 is 18.9 Å². The van der Waals surface area contributed by atoms with E-state index in [1.807, 2.05) is 0 Å². The maximum absolute atomic E-state index is 11.8. The number of carbonyl (C=O) groups is 4. The molecule has 0 unspecified atom stereocenters. The molecule has 0 fully saturated rings. The first-order valence-electron chi connectivity index (χ1n) is 6.98. The predicted octanol–water partition coefficient (Wildman–Crippen LogP) is 0.781. The molecule has 8 nitrogen and oxygen atoms in total. The standard InChI is InChI=1S/C15H12O8/c16-10-4-5-11(17)21-14-9(20-10)3-1-2-8-15(14)22-12(18)6-7-13(19)23-15/h4-7H,1-3,8H2/b5-4-. The maximum atomic E-state index is 11.8. The molecule has 0 saturated carbocycles. The van der Waals surface area contributed by atoms with Crippen LogP contribution in [0.5, 0.6) is 0 Å². The number of rotatable bonds is 0. The van der Waals surface area contributed by atoms with Crippen molar-refractivity contribution in [1.82, 2.24) is 0 Å². The smallest absolute Gasteiger partial charge is 0.336 e. The van der Waals surface area contributed by atoms with Gasteiger partial charge in [-0.25, -0.2) is 19.2 Å². The van der Waals surface area contributed by atoms with Crippen molar-refractivity contribution < 1.29 is 38.1 Å². The fourth-order valence-electron chi connectivity index (χ4n) is 2.49. The van der Waals surface area contributed by atoms with Crippen molar-refractivity contribution >= 4 is 23.9 Å². The number of carbonyl (C=O) groups excluding carboxylic acids is 4. The molecule has 0 aromatic heterocycles. The van der Waals surface area contributed by atoms with E-state index < -0.39 is 29.7 Å². The SMILES string of the molecule is O=C1C=CC(=O)OC2(CCCCC3=C2OC(=O)/C=C\C(=O)O3)O1. The molecular formula is C15H12O8. The van der Waals surface area contributed by atoms with Crippen molar-refractivity contribution in [2.75, 3.05) is 0 Å². The van der Waals surface area contributed by atoms with Crippen LogP contribution in [0, 0.1) is 0 Å². The summed E-state index contributed by atoms with van der Waals surface area (Å²) < 4.78 is 20.7. The Balaban J connectivity index is 2.10. The molecule has 0 aromatic rings. The molecule has 8 heteroatoms. The van der Waals surface area contributed by atoms with Crippen LogP contribution in [0.4, 0.5) is 0 Å². The zero-order chi connectivity index (χ0) is 16.4. The van der Waals surface area contributed by atoms with Gasteiger partial charge in [0.25, 0.3) is 0 Å². The summed E-state index contributed by atoms with van der Waals surface area (Å²) in [6.07, 6.45) is 5.05. The van der Waals surface area contributed by atoms with Gasteiger partial charge in [-0.15, -0.1) is 0 Å².